The van der Waals surface area contributed by atoms with Gasteiger partial charge in [0.05, 0.1) is 4.90 Å². The topological polar surface area (TPSA) is 88.5 Å². The number of hydrogen-bond donors (Lipinski definition) is 1. The Balaban J connectivity index is 1.47. The van der Waals surface area contributed by atoms with Gasteiger partial charge in [-0.3, -0.25) is 9.59 Å². The fourth-order valence-electron chi connectivity index (χ4n) is 4.10. The van der Waals surface area contributed by atoms with Gasteiger partial charge in [-0.1, -0.05) is 48.5 Å². The SMILES string of the molecule is O=C(CS(=O)(=O)c1cn(CC(=O)N2CCCC2)c2ccccc12)NCCc1ccccc1. The lowest BCUT2D eigenvalue weighted by molar-refractivity contribution is -0.130. The van der Waals surface area contributed by atoms with Crippen molar-refractivity contribution < 1.29 is 18.0 Å². The normalized spacial score (nSPS) is 14.1. The Kier molecular flexibility index (Phi) is 6.60. The summed E-state index contributed by atoms with van der Waals surface area (Å²) in [5, 5.41) is 3.22. The maximum atomic E-state index is 13.1. The van der Waals surface area contributed by atoms with Crippen molar-refractivity contribution in [3.05, 3.63) is 66.4 Å². The van der Waals surface area contributed by atoms with Crippen LogP contribution >= 0.6 is 0 Å². The molecule has 0 bridgehead atoms. The molecule has 1 N–H and O–H groups in total. The van der Waals surface area contributed by atoms with Crippen LogP contribution < -0.4 is 5.32 Å². The molecule has 3 aromatic rings. The lowest BCUT2D eigenvalue weighted by atomic mass is 10.1. The summed E-state index contributed by atoms with van der Waals surface area (Å²) in [5.74, 6) is -1.19. The van der Waals surface area contributed by atoms with Crippen molar-refractivity contribution in [2.24, 2.45) is 0 Å². The molecular weight excluding hydrogens is 426 g/mol. The highest BCUT2D eigenvalue weighted by Gasteiger charge is 2.26. The molecule has 2 heterocycles. The van der Waals surface area contributed by atoms with Crippen LogP contribution in [0.4, 0.5) is 0 Å². The number of para-hydroxylation sites is 1. The molecule has 1 saturated heterocycles. The van der Waals surface area contributed by atoms with E-state index in [1.165, 1.54) is 6.20 Å². The molecule has 2 aromatic carbocycles. The van der Waals surface area contributed by atoms with Crippen molar-refractivity contribution in [3.8, 4) is 0 Å². The fraction of sp³-hybridized carbons (Fsp3) is 0.333. The molecule has 1 aliphatic heterocycles. The van der Waals surface area contributed by atoms with Crippen LogP contribution in [0.5, 0.6) is 0 Å². The summed E-state index contributed by atoms with van der Waals surface area (Å²) in [4.78, 5) is 26.9. The number of likely N-dealkylation sites (tertiary alicyclic amines) is 1. The lowest BCUT2D eigenvalue weighted by Gasteiger charge is -2.15. The maximum Gasteiger partial charge on any atom is 0.242 e. The minimum absolute atomic E-state index is 0.0224. The first-order chi connectivity index (χ1) is 15.4. The Morgan fingerprint density at radius 1 is 0.938 bits per heavy atom. The van der Waals surface area contributed by atoms with E-state index in [1.54, 1.807) is 22.8 Å². The maximum absolute atomic E-state index is 13.1. The number of fused-ring (bicyclic) bond motifs is 1. The average molecular weight is 454 g/mol. The summed E-state index contributed by atoms with van der Waals surface area (Å²) in [6.07, 6.45) is 4.12. The second-order valence-corrected chi connectivity index (χ2v) is 10.0. The second-order valence-electron chi connectivity index (χ2n) is 8.07. The lowest BCUT2D eigenvalue weighted by Crippen LogP contribution is -2.32. The molecule has 32 heavy (non-hydrogen) atoms. The van der Waals surface area contributed by atoms with Crippen LogP contribution in [-0.4, -0.2) is 55.1 Å². The van der Waals surface area contributed by atoms with E-state index >= 15 is 0 Å². The highest BCUT2D eigenvalue weighted by Crippen LogP contribution is 2.26. The standard InChI is InChI=1S/C24H27N3O4S/c28-23(25-13-12-19-8-2-1-3-9-19)18-32(30,31)22-16-27(21-11-5-4-10-20(21)22)17-24(29)26-14-6-7-15-26/h1-5,8-11,16H,6-7,12-15,17-18H2,(H,25,28). The van der Waals surface area contributed by atoms with Gasteiger partial charge in [0.2, 0.25) is 11.8 Å². The smallest absolute Gasteiger partial charge is 0.242 e. The van der Waals surface area contributed by atoms with Gasteiger partial charge >= 0.3 is 0 Å². The van der Waals surface area contributed by atoms with E-state index < -0.39 is 21.5 Å². The molecule has 0 unspecified atom stereocenters. The fourth-order valence-corrected chi connectivity index (χ4v) is 5.49. The van der Waals surface area contributed by atoms with E-state index in [0.717, 1.165) is 31.5 Å². The number of benzene rings is 2. The Hall–Kier alpha value is -3.13. The Bertz CT molecular complexity index is 1210. The van der Waals surface area contributed by atoms with E-state index in [2.05, 4.69) is 5.32 Å². The van der Waals surface area contributed by atoms with Gasteiger partial charge in [-0.2, -0.15) is 0 Å². The molecule has 0 radical (unpaired) electrons. The monoisotopic (exact) mass is 453 g/mol. The predicted molar refractivity (Wildman–Crippen MR) is 123 cm³/mol. The molecule has 8 heteroatoms. The molecule has 7 nitrogen and oxygen atoms in total. The predicted octanol–water partition coefficient (Wildman–Crippen LogP) is 2.40. The van der Waals surface area contributed by atoms with Crippen molar-refractivity contribution in [2.75, 3.05) is 25.4 Å². The summed E-state index contributed by atoms with van der Waals surface area (Å²) in [7, 11) is -3.87. The van der Waals surface area contributed by atoms with Gasteiger partial charge in [-0.05, 0) is 30.9 Å². The Labute approximate surface area is 187 Å². The molecule has 2 amide bonds. The number of amides is 2. The number of rotatable bonds is 8. The minimum Gasteiger partial charge on any atom is -0.355 e. The van der Waals surface area contributed by atoms with Gasteiger partial charge in [0.1, 0.15) is 12.3 Å². The number of carbonyl (C=O) groups is 2. The van der Waals surface area contributed by atoms with Gasteiger partial charge in [0.15, 0.2) is 9.84 Å². The second kappa shape index (κ2) is 9.56. The zero-order valence-electron chi connectivity index (χ0n) is 17.9. The van der Waals surface area contributed by atoms with E-state index in [0.29, 0.717) is 23.9 Å². The summed E-state index contributed by atoms with van der Waals surface area (Å²) in [5.41, 5.74) is 1.74. The van der Waals surface area contributed by atoms with Gasteiger partial charge in [-0.15, -0.1) is 0 Å². The molecule has 0 aliphatic carbocycles. The van der Waals surface area contributed by atoms with Crippen molar-refractivity contribution >= 4 is 32.6 Å². The van der Waals surface area contributed by atoms with Crippen LogP contribution in [0.3, 0.4) is 0 Å². The summed E-state index contributed by atoms with van der Waals surface area (Å²) < 4.78 is 27.8. The third-order valence-corrected chi connectivity index (χ3v) is 7.39. The summed E-state index contributed by atoms with van der Waals surface area (Å²) in [6.45, 7) is 1.93. The quantitative estimate of drug-likeness (QED) is 0.567. The highest BCUT2D eigenvalue weighted by atomic mass is 32.2. The molecule has 4 rings (SSSR count). The van der Waals surface area contributed by atoms with Crippen LogP contribution in [0.15, 0.2) is 65.7 Å². The number of carbonyl (C=O) groups excluding carboxylic acids is 2. The third kappa shape index (κ3) is 5.02. The first-order valence-corrected chi connectivity index (χ1v) is 12.5. The molecular formula is C24H27N3O4S. The van der Waals surface area contributed by atoms with Crippen LogP contribution in [0.1, 0.15) is 18.4 Å². The Morgan fingerprint density at radius 2 is 1.62 bits per heavy atom. The number of nitrogens with zero attached hydrogens (tertiary/aromatic N) is 2. The minimum atomic E-state index is -3.87. The highest BCUT2D eigenvalue weighted by molar-refractivity contribution is 7.92. The van der Waals surface area contributed by atoms with Gasteiger partial charge in [0, 0.05) is 36.7 Å². The van der Waals surface area contributed by atoms with Crippen LogP contribution in [0, 0.1) is 0 Å². The number of nitrogens with one attached hydrogen (secondary N) is 1. The van der Waals surface area contributed by atoms with Crippen LogP contribution in [0.2, 0.25) is 0 Å². The molecule has 0 saturated carbocycles. The molecule has 1 aromatic heterocycles. The van der Waals surface area contributed by atoms with Crippen LogP contribution in [0.25, 0.3) is 10.9 Å². The van der Waals surface area contributed by atoms with Gasteiger partial charge in [-0.25, -0.2) is 8.42 Å². The summed E-state index contributed by atoms with van der Waals surface area (Å²) in [6, 6.07) is 16.8. The van der Waals surface area contributed by atoms with Crippen LogP contribution in [-0.2, 0) is 32.4 Å². The van der Waals surface area contributed by atoms with Crippen molar-refractivity contribution in [3.63, 3.8) is 0 Å². The molecule has 1 aliphatic rings. The molecule has 0 spiro atoms. The van der Waals surface area contributed by atoms with E-state index in [-0.39, 0.29) is 17.3 Å². The van der Waals surface area contributed by atoms with Crippen molar-refractivity contribution in [1.29, 1.82) is 0 Å². The molecule has 168 valence electrons. The largest absolute Gasteiger partial charge is 0.355 e. The van der Waals surface area contributed by atoms with Gasteiger partial charge in [0.25, 0.3) is 0 Å². The Morgan fingerprint density at radius 3 is 2.38 bits per heavy atom. The van der Waals surface area contributed by atoms with Gasteiger partial charge < -0.3 is 14.8 Å². The number of aromatic nitrogens is 1. The third-order valence-electron chi connectivity index (χ3n) is 5.75. The summed E-state index contributed by atoms with van der Waals surface area (Å²) >= 11 is 0. The van der Waals surface area contributed by atoms with Crippen molar-refractivity contribution in [2.45, 2.75) is 30.7 Å². The zero-order valence-corrected chi connectivity index (χ0v) is 18.7. The zero-order chi connectivity index (χ0) is 22.6. The molecule has 1 fully saturated rings. The van der Waals surface area contributed by atoms with E-state index in [9.17, 15) is 18.0 Å². The first-order valence-electron chi connectivity index (χ1n) is 10.8. The average Bonchev–Trinajstić information content (AvgIpc) is 3.43. The number of sulfone groups is 1. The first kappa shape index (κ1) is 22.1. The van der Waals surface area contributed by atoms with E-state index in [1.807, 2.05) is 41.3 Å². The van der Waals surface area contributed by atoms with E-state index in [4.69, 9.17) is 0 Å². The van der Waals surface area contributed by atoms with Crippen molar-refractivity contribution in [1.82, 2.24) is 14.8 Å². The number of hydrogen-bond acceptors (Lipinski definition) is 4. The molecule has 0 atom stereocenters.